The largest absolute Gasteiger partial charge is 0.459 e. The number of benzene rings is 1. The molecule has 0 bridgehead atoms. The van der Waals surface area contributed by atoms with Crippen LogP contribution < -0.4 is 0 Å². The van der Waals surface area contributed by atoms with Crippen LogP contribution in [0.2, 0.25) is 0 Å². The normalized spacial score (nSPS) is 17.8. The zero-order chi connectivity index (χ0) is 16.4. The molecule has 0 aliphatic carbocycles. The summed E-state index contributed by atoms with van der Waals surface area (Å²) < 4.78 is 5.22. The first-order valence-corrected chi connectivity index (χ1v) is 8.12. The van der Waals surface area contributed by atoms with Gasteiger partial charge in [0.2, 0.25) is 0 Å². The molecule has 6 heteroatoms. The lowest BCUT2D eigenvalue weighted by Gasteiger charge is -2.31. The van der Waals surface area contributed by atoms with Crippen LogP contribution in [-0.4, -0.2) is 39.1 Å². The van der Waals surface area contributed by atoms with Gasteiger partial charge in [-0.25, -0.2) is 4.98 Å². The van der Waals surface area contributed by atoms with E-state index in [1.165, 1.54) is 6.26 Å². The van der Waals surface area contributed by atoms with Crippen LogP contribution in [0.1, 0.15) is 35.1 Å². The van der Waals surface area contributed by atoms with Crippen molar-refractivity contribution in [2.75, 3.05) is 13.1 Å². The molecule has 6 nitrogen and oxygen atoms in total. The Morgan fingerprint density at radius 3 is 2.88 bits per heavy atom. The number of furan rings is 1. The Morgan fingerprint density at radius 2 is 2.08 bits per heavy atom. The Morgan fingerprint density at radius 1 is 1.21 bits per heavy atom. The molecular formula is C18H18N4O2. The van der Waals surface area contributed by atoms with Crippen LogP contribution in [0.3, 0.4) is 0 Å². The molecular weight excluding hydrogens is 304 g/mol. The number of carbonyl (C=O) groups is 1. The maximum Gasteiger partial charge on any atom is 0.289 e. The lowest BCUT2D eigenvalue weighted by Crippen LogP contribution is -2.39. The van der Waals surface area contributed by atoms with Gasteiger partial charge in [-0.05, 0) is 25.0 Å². The number of carbonyl (C=O) groups excluding carboxylic acids is 1. The van der Waals surface area contributed by atoms with Gasteiger partial charge in [0.15, 0.2) is 11.6 Å². The number of hydrogen-bond acceptors (Lipinski definition) is 4. The minimum atomic E-state index is -0.0625. The quantitative estimate of drug-likeness (QED) is 0.804. The third-order valence-corrected chi connectivity index (χ3v) is 4.36. The molecule has 4 rings (SSSR count). The molecule has 0 spiro atoms. The Hall–Kier alpha value is -2.89. The molecule has 1 N–H and O–H groups in total. The molecule has 1 aliphatic heterocycles. The minimum absolute atomic E-state index is 0.0625. The Labute approximate surface area is 139 Å². The van der Waals surface area contributed by atoms with Gasteiger partial charge in [-0.15, -0.1) is 0 Å². The molecule has 1 saturated heterocycles. The summed E-state index contributed by atoms with van der Waals surface area (Å²) in [5.41, 5.74) is 0.985. The van der Waals surface area contributed by atoms with Crippen molar-refractivity contribution in [2.45, 2.75) is 18.8 Å². The van der Waals surface area contributed by atoms with Gasteiger partial charge >= 0.3 is 0 Å². The standard InChI is InChI=1S/C18H18N4O2/c23-18(15-9-5-11-24-15)22-10-4-8-14(12-22)17-19-16(20-21-17)13-6-2-1-3-7-13/h1-3,5-7,9,11,14H,4,8,10,12H2,(H,19,20,21)/t14-/m0/s1. The van der Waals surface area contributed by atoms with Crippen LogP contribution in [0.5, 0.6) is 0 Å². The molecule has 2 aromatic heterocycles. The predicted molar refractivity (Wildman–Crippen MR) is 88.4 cm³/mol. The van der Waals surface area contributed by atoms with Crippen molar-refractivity contribution in [3.8, 4) is 11.4 Å². The van der Waals surface area contributed by atoms with Crippen LogP contribution in [0, 0.1) is 0 Å². The number of piperidine rings is 1. The zero-order valence-corrected chi connectivity index (χ0v) is 13.2. The fourth-order valence-electron chi connectivity index (χ4n) is 3.11. The molecule has 1 fully saturated rings. The fourth-order valence-corrected chi connectivity index (χ4v) is 3.11. The van der Waals surface area contributed by atoms with Crippen LogP contribution in [0.25, 0.3) is 11.4 Å². The SMILES string of the molecule is O=C(c1ccco1)N1CCC[C@H](c2nc(-c3ccccc3)n[nH]2)C1. The van der Waals surface area contributed by atoms with E-state index in [1.807, 2.05) is 35.2 Å². The smallest absolute Gasteiger partial charge is 0.289 e. The van der Waals surface area contributed by atoms with Crippen LogP contribution in [-0.2, 0) is 0 Å². The predicted octanol–water partition coefficient (Wildman–Crippen LogP) is 3.08. The number of nitrogens with zero attached hydrogens (tertiary/aromatic N) is 3. The van der Waals surface area contributed by atoms with Gasteiger partial charge in [-0.2, -0.15) is 5.10 Å². The third-order valence-electron chi connectivity index (χ3n) is 4.36. The Balaban J connectivity index is 1.50. The summed E-state index contributed by atoms with van der Waals surface area (Å²) in [6.07, 6.45) is 3.46. The van der Waals surface area contributed by atoms with Crippen LogP contribution >= 0.6 is 0 Å². The second-order valence-electron chi connectivity index (χ2n) is 5.98. The second kappa shape index (κ2) is 6.31. The van der Waals surface area contributed by atoms with E-state index in [4.69, 9.17) is 4.42 Å². The number of aromatic amines is 1. The topological polar surface area (TPSA) is 75.0 Å². The van der Waals surface area contributed by atoms with E-state index < -0.39 is 0 Å². The number of rotatable bonds is 3. The maximum atomic E-state index is 12.5. The number of hydrogen-bond donors (Lipinski definition) is 1. The zero-order valence-electron chi connectivity index (χ0n) is 13.2. The Kier molecular flexibility index (Phi) is 3.86. The first-order chi connectivity index (χ1) is 11.8. The summed E-state index contributed by atoms with van der Waals surface area (Å²) in [5, 5.41) is 7.37. The molecule has 0 unspecified atom stereocenters. The highest BCUT2D eigenvalue weighted by molar-refractivity contribution is 5.91. The molecule has 1 aromatic carbocycles. The summed E-state index contributed by atoms with van der Waals surface area (Å²) in [6, 6.07) is 13.3. The van der Waals surface area contributed by atoms with Gasteiger partial charge in [0, 0.05) is 24.6 Å². The van der Waals surface area contributed by atoms with Crippen LogP contribution in [0.15, 0.2) is 53.1 Å². The monoisotopic (exact) mass is 322 g/mol. The molecule has 122 valence electrons. The van der Waals surface area contributed by atoms with Crippen molar-refractivity contribution in [1.82, 2.24) is 20.1 Å². The van der Waals surface area contributed by atoms with Crippen molar-refractivity contribution in [3.05, 3.63) is 60.3 Å². The van der Waals surface area contributed by atoms with Gasteiger partial charge in [-0.1, -0.05) is 30.3 Å². The third kappa shape index (κ3) is 2.82. The van der Waals surface area contributed by atoms with Gasteiger partial charge in [0.1, 0.15) is 5.82 Å². The summed E-state index contributed by atoms with van der Waals surface area (Å²) >= 11 is 0. The Bertz CT molecular complexity index is 811. The average molecular weight is 322 g/mol. The van der Waals surface area contributed by atoms with Gasteiger partial charge in [0.25, 0.3) is 5.91 Å². The fraction of sp³-hybridized carbons (Fsp3) is 0.278. The van der Waals surface area contributed by atoms with E-state index in [0.29, 0.717) is 18.1 Å². The number of nitrogens with one attached hydrogen (secondary N) is 1. The van der Waals surface area contributed by atoms with Crippen molar-refractivity contribution in [3.63, 3.8) is 0 Å². The first kappa shape index (κ1) is 14.7. The highest BCUT2D eigenvalue weighted by atomic mass is 16.3. The molecule has 1 atom stereocenters. The molecule has 3 heterocycles. The number of aromatic nitrogens is 3. The molecule has 24 heavy (non-hydrogen) atoms. The molecule has 0 saturated carbocycles. The summed E-state index contributed by atoms with van der Waals surface area (Å²) in [5.74, 6) is 2.03. The summed E-state index contributed by atoms with van der Waals surface area (Å²) in [6.45, 7) is 1.37. The summed E-state index contributed by atoms with van der Waals surface area (Å²) in [7, 11) is 0. The maximum absolute atomic E-state index is 12.5. The van der Waals surface area contributed by atoms with Gasteiger partial charge in [0.05, 0.1) is 6.26 Å². The van der Waals surface area contributed by atoms with Crippen LogP contribution in [0.4, 0.5) is 0 Å². The van der Waals surface area contributed by atoms with Gasteiger partial charge in [-0.3, -0.25) is 9.89 Å². The molecule has 1 aliphatic rings. The lowest BCUT2D eigenvalue weighted by atomic mass is 9.97. The van der Waals surface area contributed by atoms with E-state index in [-0.39, 0.29) is 11.8 Å². The second-order valence-corrected chi connectivity index (χ2v) is 5.98. The number of amides is 1. The highest BCUT2D eigenvalue weighted by Crippen LogP contribution is 2.27. The van der Waals surface area contributed by atoms with Crippen molar-refractivity contribution in [1.29, 1.82) is 0 Å². The molecule has 3 aromatic rings. The van der Waals surface area contributed by atoms with Gasteiger partial charge < -0.3 is 9.32 Å². The summed E-state index contributed by atoms with van der Waals surface area (Å²) in [4.78, 5) is 18.9. The van der Waals surface area contributed by atoms with E-state index >= 15 is 0 Å². The molecule has 0 radical (unpaired) electrons. The molecule has 1 amide bonds. The first-order valence-electron chi connectivity index (χ1n) is 8.12. The average Bonchev–Trinajstić information content (AvgIpc) is 3.34. The highest BCUT2D eigenvalue weighted by Gasteiger charge is 2.28. The van der Waals surface area contributed by atoms with Crippen molar-refractivity contribution in [2.24, 2.45) is 0 Å². The van der Waals surface area contributed by atoms with E-state index in [2.05, 4.69) is 15.2 Å². The lowest BCUT2D eigenvalue weighted by molar-refractivity contribution is 0.0672. The number of likely N-dealkylation sites (tertiary alicyclic amines) is 1. The van der Waals surface area contributed by atoms with Crippen molar-refractivity contribution >= 4 is 5.91 Å². The minimum Gasteiger partial charge on any atom is -0.459 e. The van der Waals surface area contributed by atoms with Crippen molar-refractivity contribution < 1.29 is 9.21 Å². The number of H-pyrrole nitrogens is 1. The van der Waals surface area contributed by atoms with E-state index in [9.17, 15) is 4.79 Å². The van der Waals surface area contributed by atoms with E-state index in [1.54, 1.807) is 12.1 Å². The van der Waals surface area contributed by atoms with E-state index in [0.717, 1.165) is 30.8 Å².